The van der Waals surface area contributed by atoms with Gasteiger partial charge in [0.05, 0.1) is 16.6 Å². The van der Waals surface area contributed by atoms with Crippen molar-refractivity contribution >= 4 is 35.0 Å². The van der Waals surface area contributed by atoms with Crippen LogP contribution in [0.25, 0.3) is 0 Å². The van der Waals surface area contributed by atoms with E-state index in [9.17, 15) is 4.79 Å². The second kappa shape index (κ2) is 8.05. The highest BCUT2D eigenvalue weighted by Gasteiger charge is 2.22. The normalized spacial score (nSPS) is 13.0. The number of fused-ring (bicyclic) bond motifs is 1. The van der Waals surface area contributed by atoms with E-state index in [-0.39, 0.29) is 5.69 Å². The summed E-state index contributed by atoms with van der Waals surface area (Å²) in [6.07, 6.45) is 6.44. The first-order valence-electron chi connectivity index (χ1n) is 8.70. The summed E-state index contributed by atoms with van der Waals surface area (Å²) in [5, 5.41) is 1.92. The summed E-state index contributed by atoms with van der Waals surface area (Å²) < 4.78 is 1.79. The third-order valence-electron chi connectivity index (χ3n) is 4.62. The zero-order valence-corrected chi connectivity index (χ0v) is 16.8. The number of halogens is 2. The van der Waals surface area contributed by atoms with Crippen LogP contribution in [0.3, 0.4) is 0 Å². The van der Waals surface area contributed by atoms with Crippen molar-refractivity contribution in [2.75, 3.05) is 0 Å². The number of pyridine rings is 1. The van der Waals surface area contributed by atoms with Gasteiger partial charge in [-0.2, -0.15) is 4.98 Å². The summed E-state index contributed by atoms with van der Waals surface area (Å²) in [4.78, 5) is 21.2. The second-order valence-corrected chi connectivity index (χ2v) is 8.24. The van der Waals surface area contributed by atoms with Crippen molar-refractivity contribution in [3.63, 3.8) is 0 Å². The smallest absolute Gasteiger partial charge is 0.291 e. The third kappa shape index (κ3) is 4.05. The molecule has 1 aliphatic rings. The van der Waals surface area contributed by atoms with Crippen molar-refractivity contribution in [3.05, 3.63) is 85.6 Å². The highest BCUT2D eigenvalue weighted by Crippen LogP contribution is 2.32. The molecule has 0 saturated heterocycles. The molecule has 0 unspecified atom stereocenters. The Morgan fingerprint density at radius 3 is 2.78 bits per heavy atom. The molecule has 27 heavy (non-hydrogen) atoms. The Morgan fingerprint density at radius 1 is 1.11 bits per heavy atom. The molecule has 2 aromatic heterocycles. The van der Waals surface area contributed by atoms with Gasteiger partial charge in [0.1, 0.15) is 5.03 Å². The van der Waals surface area contributed by atoms with Crippen molar-refractivity contribution in [1.29, 1.82) is 0 Å². The number of aromatic nitrogens is 3. The largest absolute Gasteiger partial charge is 0.349 e. The van der Waals surface area contributed by atoms with Gasteiger partial charge in [-0.3, -0.25) is 9.55 Å². The number of hydrogen-bond donors (Lipinski definition) is 0. The van der Waals surface area contributed by atoms with Crippen LogP contribution in [0, 0.1) is 0 Å². The third-order valence-corrected chi connectivity index (χ3v) is 6.45. The van der Waals surface area contributed by atoms with Crippen molar-refractivity contribution in [2.45, 2.75) is 36.6 Å². The van der Waals surface area contributed by atoms with E-state index in [1.165, 1.54) is 5.56 Å². The Bertz CT molecular complexity index is 1040. The van der Waals surface area contributed by atoms with E-state index in [2.05, 4.69) is 9.97 Å². The van der Waals surface area contributed by atoms with Crippen LogP contribution in [-0.2, 0) is 25.1 Å². The zero-order valence-electron chi connectivity index (χ0n) is 14.5. The number of nitrogens with zero attached hydrogens (tertiary/aromatic N) is 3. The lowest BCUT2D eigenvalue weighted by Gasteiger charge is -2.14. The van der Waals surface area contributed by atoms with E-state index < -0.39 is 0 Å². The zero-order chi connectivity index (χ0) is 18.8. The van der Waals surface area contributed by atoms with Gasteiger partial charge in [0.2, 0.25) is 0 Å². The second-order valence-electron chi connectivity index (χ2n) is 6.46. The quantitative estimate of drug-likeness (QED) is 0.442. The predicted octanol–water partition coefficient (Wildman–Crippen LogP) is 4.77. The highest BCUT2D eigenvalue weighted by atomic mass is 35.5. The van der Waals surface area contributed by atoms with Crippen LogP contribution in [0.2, 0.25) is 10.0 Å². The molecule has 2 heterocycles. The topological polar surface area (TPSA) is 47.8 Å². The van der Waals surface area contributed by atoms with Gasteiger partial charge >= 0.3 is 5.69 Å². The maximum absolute atomic E-state index is 12.7. The molecule has 0 aliphatic heterocycles. The number of rotatable bonds is 5. The first-order chi connectivity index (χ1) is 13.1. The van der Waals surface area contributed by atoms with E-state index in [1.807, 2.05) is 24.3 Å². The average molecular weight is 418 g/mol. The summed E-state index contributed by atoms with van der Waals surface area (Å²) in [7, 11) is 0. The molecule has 4 nitrogen and oxygen atoms in total. The molecule has 3 aromatic rings. The van der Waals surface area contributed by atoms with Crippen molar-refractivity contribution in [2.24, 2.45) is 0 Å². The maximum Gasteiger partial charge on any atom is 0.349 e. The molecular weight excluding hydrogens is 401 g/mol. The van der Waals surface area contributed by atoms with Gasteiger partial charge in [0.25, 0.3) is 0 Å². The first-order valence-corrected chi connectivity index (χ1v) is 10.4. The van der Waals surface area contributed by atoms with Gasteiger partial charge in [0, 0.05) is 29.4 Å². The van der Waals surface area contributed by atoms with Crippen LogP contribution < -0.4 is 5.69 Å². The maximum atomic E-state index is 12.7. The van der Waals surface area contributed by atoms with Crippen LogP contribution in [0.4, 0.5) is 0 Å². The van der Waals surface area contributed by atoms with E-state index in [0.717, 1.165) is 41.1 Å². The Labute approximate surface area is 171 Å². The van der Waals surface area contributed by atoms with E-state index in [0.29, 0.717) is 22.3 Å². The van der Waals surface area contributed by atoms with Crippen LogP contribution in [0.5, 0.6) is 0 Å². The van der Waals surface area contributed by atoms with Crippen LogP contribution in [0.1, 0.15) is 28.8 Å². The van der Waals surface area contributed by atoms with Crippen molar-refractivity contribution in [3.8, 4) is 0 Å². The number of benzene rings is 1. The molecule has 138 valence electrons. The Morgan fingerprint density at radius 2 is 2.00 bits per heavy atom. The van der Waals surface area contributed by atoms with Crippen LogP contribution in [-0.4, -0.2) is 14.5 Å². The minimum atomic E-state index is -0.198. The highest BCUT2D eigenvalue weighted by molar-refractivity contribution is 7.98. The molecule has 7 heteroatoms. The van der Waals surface area contributed by atoms with Gasteiger partial charge in [0.15, 0.2) is 0 Å². The number of thioether (sulfide) groups is 1. The lowest BCUT2D eigenvalue weighted by molar-refractivity contribution is 0.665. The first kappa shape index (κ1) is 18.5. The standard InChI is InChI=1S/C20H17Cl2N3OS/c21-16-7-6-13(9-17(16)22)12-27-19-15-4-1-5-18(15)25(20(26)24-19)11-14-3-2-8-23-10-14/h2-3,6-10H,1,4-5,11-12H2. The molecule has 0 atom stereocenters. The molecule has 1 aliphatic carbocycles. The SMILES string of the molecule is O=c1nc(SCc2ccc(Cl)c(Cl)c2)c2c(n1Cc1cccnc1)CCC2. The van der Waals surface area contributed by atoms with Crippen LogP contribution in [0.15, 0.2) is 52.5 Å². The van der Waals surface area contributed by atoms with Gasteiger partial charge < -0.3 is 0 Å². The molecule has 0 bridgehead atoms. The van der Waals surface area contributed by atoms with Crippen molar-refractivity contribution in [1.82, 2.24) is 14.5 Å². The Kier molecular flexibility index (Phi) is 5.53. The molecule has 0 spiro atoms. The van der Waals surface area contributed by atoms with Crippen molar-refractivity contribution < 1.29 is 0 Å². The summed E-state index contributed by atoms with van der Waals surface area (Å²) in [6.45, 7) is 0.514. The summed E-state index contributed by atoms with van der Waals surface area (Å²) in [5.41, 5.74) is 4.17. The molecule has 0 saturated carbocycles. The van der Waals surface area contributed by atoms with Crippen LogP contribution >= 0.6 is 35.0 Å². The van der Waals surface area contributed by atoms with Gasteiger partial charge in [-0.05, 0) is 48.6 Å². The molecule has 0 fully saturated rings. The van der Waals surface area contributed by atoms with E-state index in [1.54, 1.807) is 34.8 Å². The minimum absolute atomic E-state index is 0.198. The molecule has 0 N–H and O–H groups in total. The molecule has 0 amide bonds. The molecule has 0 radical (unpaired) electrons. The Hall–Kier alpha value is -1.82. The van der Waals surface area contributed by atoms with E-state index >= 15 is 0 Å². The number of hydrogen-bond acceptors (Lipinski definition) is 4. The fourth-order valence-electron chi connectivity index (χ4n) is 3.32. The molecular formula is C20H17Cl2N3OS. The monoisotopic (exact) mass is 417 g/mol. The minimum Gasteiger partial charge on any atom is -0.291 e. The summed E-state index contributed by atoms with van der Waals surface area (Å²) in [6, 6.07) is 9.47. The molecule has 1 aromatic carbocycles. The van der Waals surface area contributed by atoms with Gasteiger partial charge in [-0.15, -0.1) is 11.8 Å². The molecule has 4 rings (SSSR count). The van der Waals surface area contributed by atoms with E-state index in [4.69, 9.17) is 23.2 Å². The fraction of sp³-hybridized carbons (Fsp3) is 0.250. The Balaban J connectivity index is 1.61. The average Bonchev–Trinajstić information content (AvgIpc) is 3.16. The van der Waals surface area contributed by atoms with Gasteiger partial charge in [-0.1, -0.05) is 35.3 Å². The summed E-state index contributed by atoms with van der Waals surface area (Å²) in [5.74, 6) is 0.697. The van der Waals surface area contributed by atoms with Gasteiger partial charge in [-0.25, -0.2) is 4.79 Å². The predicted molar refractivity (Wildman–Crippen MR) is 110 cm³/mol. The summed E-state index contributed by atoms with van der Waals surface area (Å²) >= 11 is 13.7. The lowest BCUT2D eigenvalue weighted by Crippen LogP contribution is -2.27. The lowest BCUT2D eigenvalue weighted by atomic mass is 10.2. The fourth-order valence-corrected chi connectivity index (χ4v) is 4.66.